The Hall–Kier alpha value is -2.54. The number of hydrogen-bond donors (Lipinski definition) is 1. The van der Waals surface area contributed by atoms with E-state index in [9.17, 15) is 9.59 Å². The number of thioether (sulfide) groups is 1. The lowest BCUT2D eigenvalue weighted by Gasteiger charge is -2.12. The lowest BCUT2D eigenvalue weighted by molar-refractivity contribution is -0.118. The second kappa shape index (κ2) is 9.98. The summed E-state index contributed by atoms with van der Waals surface area (Å²) in [5, 5.41) is 3.54. The molecule has 0 saturated heterocycles. The fourth-order valence-electron chi connectivity index (χ4n) is 3.39. The van der Waals surface area contributed by atoms with Crippen LogP contribution in [-0.4, -0.2) is 32.3 Å². The van der Waals surface area contributed by atoms with Crippen molar-refractivity contribution in [2.45, 2.75) is 45.3 Å². The Balaban J connectivity index is 1.95. The molecule has 2 heterocycles. The van der Waals surface area contributed by atoms with Crippen LogP contribution in [-0.2, 0) is 18.4 Å². The number of nitrogens with one attached hydrogen (secondary N) is 1. The van der Waals surface area contributed by atoms with E-state index in [1.54, 1.807) is 4.57 Å². The number of benzene rings is 1. The Labute approximate surface area is 181 Å². The standard InChI is InChI=1S/C23H30N4O2S/c1-5-13-27-22(29)21-20(18(14-26(21)4)17-9-7-6-8-10-17)25-23(27)30-15-19(28)24-12-11-16(2)3/h6-10,14,16H,5,11-13,15H2,1-4H3,(H,24,28). The van der Waals surface area contributed by atoms with E-state index in [0.29, 0.717) is 35.2 Å². The molecule has 0 aliphatic heterocycles. The molecule has 3 rings (SSSR count). The fourth-order valence-corrected chi connectivity index (χ4v) is 4.24. The van der Waals surface area contributed by atoms with Gasteiger partial charge in [0.1, 0.15) is 11.0 Å². The average Bonchev–Trinajstić information content (AvgIpc) is 3.05. The van der Waals surface area contributed by atoms with Crippen LogP contribution in [0.1, 0.15) is 33.6 Å². The van der Waals surface area contributed by atoms with Crippen LogP contribution < -0.4 is 10.9 Å². The van der Waals surface area contributed by atoms with Gasteiger partial charge in [-0.1, -0.05) is 62.9 Å². The number of carbonyl (C=O) groups is 1. The summed E-state index contributed by atoms with van der Waals surface area (Å²) in [6.07, 6.45) is 3.72. The van der Waals surface area contributed by atoms with E-state index < -0.39 is 0 Å². The Bertz CT molecular complexity index is 1070. The smallest absolute Gasteiger partial charge is 0.278 e. The second-order valence-corrected chi connectivity index (χ2v) is 8.83. The Morgan fingerprint density at radius 2 is 1.97 bits per heavy atom. The molecular formula is C23H30N4O2S. The van der Waals surface area contributed by atoms with Crippen molar-refractivity contribution >= 4 is 28.7 Å². The zero-order valence-electron chi connectivity index (χ0n) is 18.1. The summed E-state index contributed by atoms with van der Waals surface area (Å²) in [7, 11) is 1.88. The minimum Gasteiger partial charge on any atom is -0.355 e. The van der Waals surface area contributed by atoms with Gasteiger partial charge >= 0.3 is 0 Å². The molecule has 1 N–H and O–H groups in total. The number of carbonyl (C=O) groups excluding carboxylic acids is 1. The first-order valence-electron chi connectivity index (χ1n) is 10.5. The predicted molar refractivity (Wildman–Crippen MR) is 124 cm³/mol. The van der Waals surface area contributed by atoms with Gasteiger partial charge in [0.05, 0.1) is 5.75 Å². The van der Waals surface area contributed by atoms with E-state index in [1.807, 2.05) is 55.1 Å². The molecular weight excluding hydrogens is 396 g/mol. The molecule has 7 heteroatoms. The molecule has 30 heavy (non-hydrogen) atoms. The summed E-state index contributed by atoms with van der Waals surface area (Å²) in [5.74, 6) is 0.758. The van der Waals surface area contributed by atoms with Crippen molar-refractivity contribution in [2.75, 3.05) is 12.3 Å². The molecule has 0 saturated carbocycles. The van der Waals surface area contributed by atoms with Gasteiger partial charge in [0, 0.05) is 31.9 Å². The van der Waals surface area contributed by atoms with Gasteiger partial charge in [0.2, 0.25) is 5.91 Å². The van der Waals surface area contributed by atoms with E-state index in [4.69, 9.17) is 4.98 Å². The molecule has 0 fully saturated rings. The van der Waals surface area contributed by atoms with Crippen molar-refractivity contribution in [3.63, 3.8) is 0 Å². The zero-order chi connectivity index (χ0) is 21.7. The molecule has 2 aromatic heterocycles. The van der Waals surface area contributed by atoms with Gasteiger partial charge in [-0.05, 0) is 24.3 Å². The van der Waals surface area contributed by atoms with E-state index in [0.717, 1.165) is 24.0 Å². The van der Waals surface area contributed by atoms with Gasteiger partial charge in [-0.15, -0.1) is 0 Å². The third kappa shape index (κ3) is 4.95. The van der Waals surface area contributed by atoms with Gasteiger partial charge in [-0.2, -0.15) is 0 Å². The van der Waals surface area contributed by atoms with Crippen LogP contribution in [0.5, 0.6) is 0 Å². The highest BCUT2D eigenvalue weighted by molar-refractivity contribution is 7.99. The average molecular weight is 427 g/mol. The van der Waals surface area contributed by atoms with Crippen molar-refractivity contribution < 1.29 is 4.79 Å². The highest BCUT2D eigenvalue weighted by Crippen LogP contribution is 2.29. The van der Waals surface area contributed by atoms with E-state index in [1.165, 1.54) is 11.8 Å². The highest BCUT2D eigenvalue weighted by atomic mass is 32.2. The number of aromatic nitrogens is 3. The molecule has 0 radical (unpaired) electrons. The van der Waals surface area contributed by atoms with Crippen molar-refractivity contribution in [1.29, 1.82) is 0 Å². The lowest BCUT2D eigenvalue weighted by atomic mass is 10.1. The molecule has 160 valence electrons. The Morgan fingerprint density at radius 1 is 1.23 bits per heavy atom. The molecule has 0 spiro atoms. The molecule has 0 aliphatic rings. The maximum atomic E-state index is 13.3. The van der Waals surface area contributed by atoms with E-state index >= 15 is 0 Å². The number of rotatable bonds is 9. The van der Waals surface area contributed by atoms with Gasteiger partial charge in [0.25, 0.3) is 5.56 Å². The van der Waals surface area contributed by atoms with Crippen LogP contribution in [0.25, 0.3) is 22.2 Å². The summed E-state index contributed by atoms with van der Waals surface area (Å²) < 4.78 is 3.55. The molecule has 0 bridgehead atoms. The largest absolute Gasteiger partial charge is 0.355 e. The van der Waals surface area contributed by atoms with Crippen LogP contribution in [0.2, 0.25) is 0 Å². The molecule has 6 nitrogen and oxygen atoms in total. The molecule has 1 aromatic carbocycles. The van der Waals surface area contributed by atoms with Gasteiger partial charge < -0.3 is 9.88 Å². The van der Waals surface area contributed by atoms with Crippen LogP contribution >= 0.6 is 11.8 Å². The fraction of sp³-hybridized carbons (Fsp3) is 0.435. The van der Waals surface area contributed by atoms with Crippen LogP contribution in [0.15, 0.2) is 46.5 Å². The van der Waals surface area contributed by atoms with E-state index in [2.05, 4.69) is 19.2 Å². The highest BCUT2D eigenvalue weighted by Gasteiger charge is 2.19. The van der Waals surface area contributed by atoms with Gasteiger partial charge in [-0.25, -0.2) is 4.98 Å². The van der Waals surface area contributed by atoms with Crippen molar-refractivity contribution in [2.24, 2.45) is 13.0 Å². The first-order valence-corrected chi connectivity index (χ1v) is 11.5. The molecule has 0 unspecified atom stereocenters. The van der Waals surface area contributed by atoms with E-state index in [-0.39, 0.29) is 17.2 Å². The van der Waals surface area contributed by atoms with Crippen molar-refractivity contribution in [3.8, 4) is 11.1 Å². The summed E-state index contributed by atoms with van der Waals surface area (Å²) >= 11 is 1.33. The Morgan fingerprint density at radius 3 is 2.63 bits per heavy atom. The SMILES string of the molecule is CCCn1c(SCC(=O)NCCC(C)C)nc2c(-c3ccccc3)cn(C)c2c1=O. The molecule has 3 aromatic rings. The number of amides is 1. The first kappa shape index (κ1) is 22.2. The first-order chi connectivity index (χ1) is 14.4. The van der Waals surface area contributed by atoms with Gasteiger partial charge in [-0.3, -0.25) is 14.2 Å². The maximum absolute atomic E-state index is 13.3. The number of nitrogens with zero attached hydrogens (tertiary/aromatic N) is 3. The maximum Gasteiger partial charge on any atom is 0.278 e. The van der Waals surface area contributed by atoms with Crippen LogP contribution in [0.3, 0.4) is 0 Å². The third-order valence-corrected chi connectivity index (χ3v) is 5.93. The minimum absolute atomic E-state index is 0.0330. The van der Waals surface area contributed by atoms with Crippen LogP contribution in [0, 0.1) is 5.92 Å². The van der Waals surface area contributed by atoms with Crippen LogP contribution in [0.4, 0.5) is 0 Å². The quantitative estimate of drug-likeness (QED) is 0.414. The number of aryl methyl sites for hydroxylation is 1. The molecule has 0 aliphatic carbocycles. The topological polar surface area (TPSA) is 68.9 Å². The minimum atomic E-state index is -0.0609. The summed E-state index contributed by atoms with van der Waals surface area (Å²) in [6, 6.07) is 9.95. The third-order valence-electron chi connectivity index (χ3n) is 4.95. The molecule has 0 atom stereocenters. The van der Waals surface area contributed by atoms with Crippen molar-refractivity contribution in [1.82, 2.24) is 19.4 Å². The summed E-state index contributed by atoms with van der Waals surface area (Å²) in [5.41, 5.74) is 3.16. The predicted octanol–water partition coefficient (Wildman–Crippen LogP) is 4.07. The van der Waals surface area contributed by atoms with Crippen molar-refractivity contribution in [3.05, 3.63) is 46.9 Å². The van der Waals surface area contributed by atoms with Gasteiger partial charge in [0.15, 0.2) is 5.16 Å². The summed E-state index contributed by atoms with van der Waals surface area (Å²) in [4.78, 5) is 30.4. The monoisotopic (exact) mass is 426 g/mol. The second-order valence-electron chi connectivity index (χ2n) is 7.89. The Kier molecular flexibility index (Phi) is 7.37. The normalized spacial score (nSPS) is 11.4. The summed E-state index contributed by atoms with van der Waals surface area (Å²) in [6.45, 7) is 7.54. The lowest BCUT2D eigenvalue weighted by Crippen LogP contribution is -2.28. The number of hydrogen-bond acceptors (Lipinski definition) is 4. The number of fused-ring (bicyclic) bond motifs is 1. The zero-order valence-corrected chi connectivity index (χ0v) is 19.0. The molecule has 1 amide bonds.